The van der Waals surface area contributed by atoms with Crippen molar-refractivity contribution < 1.29 is 14.3 Å². The second-order valence-corrected chi connectivity index (χ2v) is 10.7. The first-order valence-corrected chi connectivity index (χ1v) is 13.6. The van der Waals surface area contributed by atoms with Gasteiger partial charge in [0.25, 0.3) is 0 Å². The topological polar surface area (TPSA) is 67.2 Å². The molecule has 2 aliphatic rings. The Kier molecular flexibility index (Phi) is 6.77. The van der Waals surface area contributed by atoms with Gasteiger partial charge in [-0.15, -0.1) is 0 Å². The van der Waals surface area contributed by atoms with Gasteiger partial charge in [0.2, 0.25) is 5.91 Å². The molecule has 0 radical (unpaired) electrons. The van der Waals surface area contributed by atoms with Crippen LogP contribution in [0.4, 0.5) is 4.39 Å². The van der Waals surface area contributed by atoms with E-state index in [2.05, 4.69) is 29.5 Å². The normalized spacial score (nSPS) is 18.9. The van der Waals surface area contributed by atoms with Crippen molar-refractivity contribution in [1.29, 1.82) is 0 Å². The number of allylic oxidation sites excluding steroid dienone is 2. The number of nitrogens with one attached hydrogen (secondary N) is 1. The molecule has 2 N–H and O–H groups in total. The molecule has 0 aliphatic heterocycles. The van der Waals surface area contributed by atoms with E-state index in [9.17, 15) is 14.3 Å². The molecule has 1 unspecified atom stereocenters. The SMILES string of the molecule is C[C@@H]1C2=C(CC[C@@H]2CC(NC(=O)Cc2cccc(O)c2)c2ccccc2)Cc2c1cnn2-c1ccc(F)cc1. The number of nitrogens with zero attached hydrogens (tertiary/aromatic N) is 2. The van der Waals surface area contributed by atoms with Gasteiger partial charge in [0.15, 0.2) is 0 Å². The molecule has 2 aliphatic carbocycles. The fourth-order valence-electron chi connectivity index (χ4n) is 6.48. The first-order chi connectivity index (χ1) is 19.0. The minimum Gasteiger partial charge on any atom is -0.508 e. The van der Waals surface area contributed by atoms with Crippen LogP contribution in [0.1, 0.15) is 60.5 Å². The largest absolute Gasteiger partial charge is 0.508 e. The average molecular weight is 522 g/mol. The van der Waals surface area contributed by atoms with E-state index in [-0.39, 0.29) is 35.9 Å². The number of carbonyl (C=O) groups excluding carboxylic acids is 1. The predicted octanol–water partition coefficient (Wildman–Crippen LogP) is 6.57. The van der Waals surface area contributed by atoms with Gasteiger partial charge < -0.3 is 10.4 Å². The summed E-state index contributed by atoms with van der Waals surface area (Å²) in [4.78, 5) is 13.1. The summed E-state index contributed by atoms with van der Waals surface area (Å²) in [5.74, 6) is 0.465. The molecule has 4 aromatic rings. The van der Waals surface area contributed by atoms with Gasteiger partial charge in [-0.3, -0.25) is 4.79 Å². The number of hydrogen-bond donors (Lipinski definition) is 2. The summed E-state index contributed by atoms with van der Waals surface area (Å²) in [5.41, 5.74) is 8.15. The molecule has 0 bridgehead atoms. The Balaban J connectivity index is 1.23. The van der Waals surface area contributed by atoms with Crippen LogP contribution in [-0.2, 0) is 17.6 Å². The molecule has 3 atom stereocenters. The van der Waals surface area contributed by atoms with E-state index in [4.69, 9.17) is 0 Å². The third-order valence-electron chi connectivity index (χ3n) is 8.26. The third kappa shape index (κ3) is 5.11. The molecule has 39 heavy (non-hydrogen) atoms. The summed E-state index contributed by atoms with van der Waals surface area (Å²) in [7, 11) is 0. The average Bonchev–Trinajstić information content (AvgIpc) is 3.54. The van der Waals surface area contributed by atoms with Crippen molar-refractivity contribution in [3.63, 3.8) is 0 Å². The number of halogens is 1. The maximum atomic E-state index is 13.5. The van der Waals surface area contributed by atoms with Gasteiger partial charge in [-0.2, -0.15) is 5.10 Å². The lowest BCUT2D eigenvalue weighted by atomic mass is 9.77. The van der Waals surface area contributed by atoms with Crippen LogP contribution in [0, 0.1) is 11.7 Å². The van der Waals surface area contributed by atoms with E-state index >= 15 is 0 Å². The lowest BCUT2D eigenvalue weighted by Gasteiger charge is -2.30. The van der Waals surface area contributed by atoms with Crippen LogP contribution in [0.2, 0.25) is 0 Å². The summed E-state index contributed by atoms with van der Waals surface area (Å²) >= 11 is 0. The zero-order valence-corrected chi connectivity index (χ0v) is 22.0. The second kappa shape index (κ2) is 10.5. The maximum Gasteiger partial charge on any atom is 0.224 e. The lowest BCUT2D eigenvalue weighted by molar-refractivity contribution is -0.121. The Bertz CT molecular complexity index is 1520. The molecule has 0 saturated carbocycles. The fraction of sp³-hybridized carbons (Fsp3) is 0.273. The molecule has 1 aromatic heterocycles. The highest BCUT2D eigenvalue weighted by Crippen LogP contribution is 2.49. The molecule has 1 amide bonds. The Morgan fingerprint density at radius 1 is 1.10 bits per heavy atom. The summed E-state index contributed by atoms with van der Waals surface area (Å²) < 4.78 is 15.5. The standard InChI is InChI=1S/C33H32FN3O2/c1-21-29-20-35-37(27-14-12-26(34)13-15-27)31(29)19-25-11-10-24(33(21)25)18-30(23-7-3-2-4-8-23)36-32(39)17-22-6-5-9-28(38)16-22/h2-9,12-16,20-21,24,30,38H,10-11,17-19H2,1H3,(H,36,39)/t21-,24+,30?/m0/s1. The van der Waals surface area contributed by atoms with Crippen LogP contribution < -0.4 is 5.32 Å². The molecule has 6 heteroatoms. The van der Waals surface area contributed by atoms with Crippen molar-refractivity contribution in [3.8, 4) is 11.4 Å². The zero-order chi connectivity index (χ0) is 26.9. The van der Waals surface area contributed by atoms with Crippen LogP contribution in [-0.4, -0.2) is 20.8 Å². The lowest BCUT2D eigenvalue weighted by Crippen LogP contribution is -2.31. The number of carbonyl (C=O) groups is 1. The minimum absolute atomic E-state index is 0.0544. The number of amides is 1. The molecule has 0 fully saturated rings. The molecule has 5 nitrogen and oxygen atoms in total. The molecule has 198 valence electrons. The highest BCUT2D eigenvalue weighted by molar-refractivity contribution is 5.79. The van der Waals surface area contributed by atoms with Crippen molar-refractivity contribution in [1.82, 2.24) is 15.1 Å². The number of benzene rings is 3. The second-order valence-electron chi connectivity index (χ2n) is 10.7. The Morgan fingerprint density at radius 3 is 2.67 bits per heavy atom. The van der Waals surface area contributed by atoms with E-state index in [1.165, 1.54) is 34.5 Å². The minimum atomic E-state index is -0.251. The van der Waals surface area contributed by atoms with Crippen molar-refractivity contribution in [2.45, 2.75) is 51.0 Å². The van der Waals surface area contributed by atoms with E-state index in [1.807, 2.05) is 35.1 Å². The number of aromatic hydroxyl groups is 1. The molecule has 6 rings (SSSR count). The number of phenols is 1. The van der Waals surface area contributed by atoms with E-state index < -0.39 is 0 Å². The number of aromatic nitrogens is 2. The summed E-state index contributed by atoms with van der Waals surface area (Å²) in [6, 6.07) is 23.5. The molecule has 0 spiro atoms. The first-order valence-electron chi connectivity index (χ1n) is 13.6. The van der Waals surface area contributed by atoms with Gasteiger partial charge in [-0.25, -0.2) is 9.07 Å². The number of rotatable bonds is 7. The smallest absolute Gasteiger partial charge is 0.224 e. The van der Waals surface area contributed by atoms with Gasteiger partial charge in [-0.05, 0) is 72.7 Å². The molecular weight excluding hydrogens is 489 g/mol. The fourth-order valence-corrected chi connectivity index (χ4v) is 6.48. The Hall–Kier alpha value is -4.19. The van der Waals surface area contributed by atoms with E-state index in [1.54, 1.807) is 30.3 Å². The van der Waals surface area contributed by atoms with E-state index in [0.717, 1.165) is 42.5 Å². The van der Waals surface area contributed by atoms with Crippen molar-refractivity contribution in [2.75, 3.05) is 0 Å². The van der Waals surface area contributed by atoms with Crippen molar-refractivity contribution in [3.05, 3.63) is 124 Å². The van der Waals surface area contributed by atoms with Crippen LogP contribution in [0.25, 0.3) is 5.69 Å². The molecule has 0 saturated heterocycles. The molecule has 1 heterocycles. The Labute approximate surface area is 228 Å². The van der Waals surface area contributed by atoms with Crippen LogP contribution in [0.3, 0.4) is 0 Å². The molecular formula is C33H32FN3O2. The number of fused-ring (bicyclic) bond motifs is 1. The number of phenolic OH excluding ortho intramolecular Hbond substituents is 1. The van der Waals surface area contributed by atoms with Crippen LogP contribution >= 0.6 is 0 Å². The summed E-state index contributed by atoms with van der Waals surface area (Å²) in [6.45, 7) is 2.26. The van der Waals surface area contributed by atoms with Gasteiger partial charge in [0.1, 0.15) is 11.6 Å². The Morgan fingerprint density at radius 2 is 1.90 bits per heavy atom. The third-order valence-corrected chi connectivity index (χ3v) is 8.26. The van der Waals surface area contributed by atoms with Gasteiger partial charge in [0, 0.05) is 17.9 Å². The highest BCUT2D eigenvalue weighted by Gasteiger charge is 2.37. The molecule has 3 aromatic carbocycles. The quantitative estimate of drug-likeness (QED) is 0.270. The van der Waals surface area contributed by atoms with Gasteiger partial charge in [0.05, 0.1) is 30.0 Å². The van der Waals surface area contributed by atoms with Gasteiger partial charge >= 0.3 is 0 Å². The van der Waals surface area contributed by atoms with Crippen LogP contribution in [0.5, 0.6) is 5.75 Å². The maximum absolute atomic E-state index is 13.5. The predicted molar refractivity (Wildman–Crippen MR) is 149 cm³/mol. The first kappa shape index (κ1) is 25.1. The van der Waals surface area contributed by atoms with Crippen molar-refractivity contribution in [2.24, 2.45) is 5.92 Å². The monoisotopic (exact) mass is 521 g/mol. The van der Waals surface area contributed by atoms with Crippen LogP contribution in [0.15, 0.2) is 96.2 Å². The highest BCUT2D eigenvalue weighted by atomic mass is 19.1. The van der Waals surface area contributed by atoms with Crippen molar-refractivity contribution >= 4 is 5.91 Å². The van der Waals surface area contributed by atoms with E-state index in [0.29, 0.717) is 5.92 Å². The summed E-state index contributed by atoms with van der Waals surface area (Å²) in [5, 5.41) is 17.8. The van der Waals surface area contributed by atoms with Gasteiger partial charge in [-0.1, -0.05) is 60.5 Å². The zero-order valence-electron chi connectivity index (χ0n) is 22.0. The summed E-state index contributed by atoms with van der Waals surface area (Å²) in [6.07, 6.45) is 5.97. The number of hydrogen-bond acceptors (Lipinski definition) is 3.